The number of hydrogen-bond acceptors (Lipinski definition) is 5. The number of ether oxygens (including phenoxy) is 1. The average molecular weight is 236 g/mol. The van der Waals surface area contributed by atoms with E-state index in [0.29, 0.717) is 6.10 Å². The van der Waals surface area contributed by atoms with Crippen LogP contribution in [0.2, 0.25) is 0 Å². The molecule has 2 N–H and O–H groups in total. The van der Waals surface area contributed by atoms with E-state index < -0.39 is 0 Å². The van der Waals surface area contributed by atoms with Crippen LogP contribution in [-0.2, 0) is 4.74 Å². The smallest absolute Gasteiger partial charge is 0.132 e. The van der Waals surface area contributed by atoms with Crippen LogP contribution in [-0.4, -0.2) is 35.8 Å². The van der Waals surface area contributed by atoms with Gasteiger partial charge in [0, 0.05) is 19.7 Å². The van der Waals surface area contributed by atoms with E-state index in [9.17, 15) is 0 Å². The van der Waals surface area contributed by atoms with Crippen molar-refractivity contribution >= 4 is 11.6 Å². The maximum Gasteiger partial charge on any atom is 0.132 e. The number of rotatable bonds is 4. The Morgan fingerprint density at radius 1 is 1.41 bits per heavy atom. The minimum atomic E-state index is 0.275. The standard InChI is InChI=1S/C12H20N4O/c1-8(10-5-4-6-17-10)14-12-7-11(13-3)15-9(2)16-12/h7-8,10H,4-6H2,1-3H3,(H2,13,14,15,16). The molecule has 1 aliphatic rings. The third-order valence-electron chi connectivity index (χ3n) is 2.99. The summed E-state index contributed by atoms with van der Waals surface area (Å²) in [4.78, 5) is 8.64. The van der Waals surface area contributed by atoms with Crippen molar-refractivity contribution in [2.75, 3.05) is 24.3 Å². The van der Waals surface area contributed by atoms with Gasteiger partial charge in [-0.05, 0) is 26.7 Å². The Morgan fingerprint density at radius 2 is 2.18 bits per heavy atom. The lowest BCUT2D eigenvalue weighted by Crippen LogP contribution is -2.30. The Kier molecular flexibility index (Phi) is 3.78. The first-order valence-electron chi connectivity index (χ1n) is 6.10. The van der Waals surface area contributed by atoms with Crippen molar-refractivity contribution in [3.63, 3.8) is 0 Å². The first-order chi connectivity index (χ1) is 8.19. The summed E-state index contributed by atoms with van der Waals surface area (Å²) in [5, 5.41) is 6.41. The van der Waals surface area contributed by atoms with Gasteiger partial charge >= 0.3 is 0 Å². The number of aryl methyl sites for hydroxylation is 1. The fourth-order valence-electron chi connectivity index (χ4n) is 2.09. The summed E-state index contributed by atoms with van der Waals surface area (Å²) in [5.41, 5.74) is 0. The summed E-state index contributed by atoms with van der Waals surface area (Å²) in [7, 11) is 1.86. The molecule has 2 atom stereocenters. The highest BCUT2D eigenvalue weighted by Crippen LogP contribution is 2.19. The summed E-state index contributed by atoms with van der Waals surface area (Å²) in [6.45, 7) is 4.90. The molecule has 0 aromatic carbocycles. The monoisotopic (exact) mass is 236 g/mol. The van der Waals surface area contributed by atoms with Crippen LogP contribution in [0.25, 0.3) is 0 Å². The Bertz CT molecular complexity index is 377. The van der Waals surface area contributed by atoms with Gasteiger partial charge in [-0.15, -0.1) is 0 Å². The topological polar surface area (TPSA) is 59.1 Å². The molecular weight excluding hydrogens is 216 g/mol. The fourth-order valence-corrected chi connectivity index (χ4v) is 2.09. The van der Waals surface area contributed by atoms with Crippen molar-refractivity contribution in [2.45, 2.75) is 38.8 Å². The minimum Gasteiger partial charge on any atom is -0.376 e. The first kappa shape index (κ1) is 12.1. The van der Waals surface area contributed by atoms with E-state index in [1.807, 2.05) is 20.0 Å². The average Bonchev–Trinajstić information content (AvgIpc) is 2.81. The van der Waals surface area contributed by atoms with E-state index >= 15 is 0 Å². The summed E-state index contributed by atoms with van der Waals surface area (Å²) in [5.74, 6) is 2.45. The normalized spacial score (nSPS) is 21.2. The number of aromatic nitrogens is 2. The molecule has 0 bridgehead atoms. The van der Waals surface area contributed by atoms with Gasteiger partial charge in [0.05, 0.1) is 12.1 Å². The van der Waals surface area contributed by atoms with E-state index in [1.54, 1.807) is 0 Å². The lowest BCUT2D eigenvalue weighted by atomic mass is 10.1. The van der Waals surface area contributed by atoms with Crippen LogP contribution in [0, 0.1) is 6.92 Å². The molecule has 1 aromatic heterocycles. The van der Waals surface area contributed by atoms with Crippen LogP contribution < -0.4 is 10.6 Å². The maximum atomic E-state index is 5.65. The highest BCUT2D eigenvalue weighted by atomic mass is 16.5. The van der Waals surface area contributed by atoms with E-state index in [2.05, 4.69) is 27.5 Å². The lowest BCUT2D eigenvalue weighted by molar-refractivity contribution is 0.0995. The van der Waals surface area contributed by atoms with Gasteiger partial charge in [0.2, 0.25) is 0 Å². The first-order valence-corrected chi connectivity index (χ1v) is 6.10. The van der Waals surface area contributed by atoms with Crippen molar-refractivity contribution in [1.82, 2.24) is 9.97 Å². The van der Waals surface area contributed by atoms with Gasteiger partial charge in [-0.25, -0.2) is 9.97 Å². The molecule has 0 radical (unpaired) electrons. The lowest BCUT2D eigenvalue weighted by Gasteiger charge is -2.20. The van der Waals surface area contributed by atoms with Gasteiger partial charge in [-0.1, -0.05) is 0 Å². The predicted octanol–water partition coefficient (Wildman–Crippen LogP) is 1.81. The third kappa shape index (κ3) is 3.06. The van der Waals surface area contributed by atoms with Gasteiger partial charge in [-0.2, -0.15) is 0 Å². The fraction of sp³-hybridized carbons (Fsp3) is 0.667. The van der Waals surface area contributed by atoms with Crippen molar-refractivity contribution in [3.8, 4) is 0 Å². The second kappa shape index (κ2) is 5.31. The molecule has 0 amide bonds. The van der Waals surface area contributed by atoms with Crippen molar-refractivity contribution in [1.29, 1.82) is 0 Å². The molecule has 5 heteroatoms. The van der Waals surface area contributed by atoms with E-state index in [4.69, 9.17) is 4.74 Å². The van der Waals surface area contributed by atoms with E-state index in [0.717, 1.165) is 36.9 Å². The van der Waals surface area contributed by atoms with Crippen LogP contribution in [0.15, 0.2) is 6.07 Å². The maximum absolute atomic E-state index is 5.65. The molecule has 1 aromatic rings. The van der Waals surface area contributed by atoms with Crippen molar-refractivity contribution in [3.05, 3.63) is 11.9 Å². The summed E-state index contributed by atoms with van der Waals surface area (Å²) < 4.78 is 5.65. The molecule has 2 heterocycles. The summed E-state index contributed by atoms with van der Waals surface area (Å²) in [6.07, 6.45) is 2.57. The SMILES string of the molecule is CNc1cc(NC(C)C2CCCO2)nc(C)n1. The van der Waals surface area contributed by atoms with Crippen LogP contribution in [0.1, 0.15) is 25.6 Å². The van der Waals surface area contributed by atoms with Gasteiger partial charge in [-0.3, -0.25) is 0 Å². The predicted molar refractivity (Wildman–Crippen MR) is 68.4 cm³/mol. The number of nitrogens with zero attached hydrogens (tertiary/aromatic N) is 2. The second-order valence-electron chi connectivity index (χ2n) is 4.42. The molecule has 94 valence electrons. The van der Waals surface area contributed by atoms with Gasteiger partial charge < -0.3 is 15.4 Å². The minimum absolute atomic E-state index is 0.275. The molecule has 2 unspecified atom stereocenters. The van der Waals surface area contributed by atoms with Crippen LogP contribution >= 0.6 is 0 Å². The van der Waals surface area contributed by atoms with E-state index in [1.165, 1.54) is 0 Å². The van der Waals surface area contributed by atoms with Gasteiger partial charge in [0.1, 0.15) is 17.5 Å². The van der Waals surface area contributed by atoms with Gasteiger partial charge in [0.25, 0.3) is 0 Å². The van der Waals surface area contributed by atoms with Crippen LogP contribution in [0.5, 0.6) is 0 Å². The van der Waals surface area contributed by atoms with Crippen molar-refractivity contribution < 1.29 is 4.74 Å². The molecule has 5 nitrogen and oxygen atoms in total. The second-order valence-corrected chi connectivity index (χ2v) is 4.42. The Hall–Kier alpha value is -1.36. The highest BCUT2D eigenvalue weighted by Gasteiger charge is 2.22. The zero-order valence-electron chi connectivity index (χ0n) is 10.7. The Labute approximate surface area is 102 Å². The zero-order chi connectivity index (χ0) is 12.3. The number of hydrogen-bond donors (Lipinski definition) is 2. The van der Waals surface area contributed by atoms with Crippen LogP contribution in [0.3, 0.4) is 0 Å². The van der Waals surface area contributed by atoms with Crippen molar-refractivity contribution in [2.24, 2.45) is 0 Å². The molecule has 2 rings (SSSR count). The zero-order valence-corrected chi connectivity index (χ0v) is 10.7. The summed E-state index contributed by atoms with van der Waals surface area (Å²) in [6, 6.07) is 2.19. The van der Waals surface area contributed by atoms with Gasteiger partial charge in [0.15, 0.2) is 0 Å². The molecule has 0 saturated carbocycles. The highest BCUT2D eigenvalue weighted by molar-refractivity contribution is 5.47. The molecule has 0 spiro atoms. The molecule has 1 aliphatic heterocycles. The number of anilines is 2. The van der Waals surface area contributed by atoms with E-state index in [-0.39, 0.29) is 6.04 Å². The Morgan fingerprint density at radius 3 is 2.82 bits per heavy atom. The largest absolute Gasteiger partial charge is 0.376 e. The molecule has 0 aliphatic carbocycles. The molecule has 1 fully saturated rings. The van der Waals surface area contributed by atoms with Crippen LogP contribution in [0.4, 0.5) is 11.6 Å². The quantitative estimate of drug-likeness (QED) is 0.835. The third-order valence-corrected chi connectivity index (χ3v) is 2.99. The molecule has 17 heavy (non-hydrogen) atoms. The number of nitrogens with one attached hydrogen (secondary N) is 2. The molecule has 1 saturated heterocycles. The summed E-state index contributed by atoms with van der Waals surface area (Å²) >= 11 is 0. The Balaban J connectivity index is 2.04. The molecular formula is C12H20N4O.